The van der Waals surface area contributed by atoms with Crippen LogP contribution in [0.5, 0.6) is 0 Å². The molecule has 2 saturated heterocycles. The minimum absolute atomic E-state index is 0.00985. The number of nitrogens with one attached hydrogen (secondary N) is 2. The van der Waals surface area contributed by atoms with Gasteiger partial charge in [0.1, 0.15) is 0 Å². The number of piperidine rings is 2. The van der Waals surface area contributed by atoms with E-state index in [2.05, 4.69) is 10.6 Å². The van der Waals surface area contributed by atoms with E-state index >= 15 is 0 Å². The molecule has 0 aromatic carbocycles. The van der Waals surface area contributed by atoms with Crippen molar-refractivity contribution in [2.45, 2.75) is 44.6 Å². The largest absolute Gasteiger partial charge is 0.396 e. The number of carbonyl (C=O) groups excluding carboxylic acids is 3. The minimum Gasteiger partial charge on any atom is -0.396 e. The van der Waals surface area contributed by atoms with Crippen LogP contribution >= 0.6 is 0 Å². The zero-order valence-corrected chi connectivity index (χ0v) is 12.8. The number of likely N-dealkylation sites (tertiary alicyclic amines) is 1. The first-order chi connectivity index (χ1) is 10.6. The van der Waals surface area contributed by atoms with Crippen LogP contribution in [0.4, 0.5) is 0 Å². The fourth-order valence-corrected chi connectivity index (χ4v) is 3.20. The van der Waals surface area contributed by atoms with Gasteiger partial charge in [-0.2, -0.15) is 0 Å². The first kappa shape index (κ1) is 16.9. The molecule has 3 N–H and O–H groups in total. The van der Waals surface area contributed by atoms with E-state index in [0.29, 0.717) is 25.8 Å². The summed E-state index contributed by atoms with van der Waals surface area (Å²) in [7, 11) is 0. The van der Waals surface area contributed by atoms with Crippen molar-refractivity contribution in [3.05, 3.63) is 0 Å². The zero-order valence-electron chi connectivity index (χ0n) is 12.8. The Morgan fingerprint density at radius 3 is 2.55 bits per heavy atom. The normalized spacial score (nSPS) is 23.1. The van der Waals surface area contributed by atoms with Crippen LogP contribution in [0.1, 0.15) is 38.5 Å². The second-order valence-corrected chi connectivity index (χ2v) is 6.00. The van der Waals surface area contributed by atoms with Crippen molar-refractivity contribution in [2.24, 2.45) is 5.92 Å². The van der Waals surface area contributed by atoms with Gasteiger partial charge in [0.25, 0.3) is 0 Å². The maximum absolute atomic E-state index is 12.3. The van der Waals surface area contributed by atoms with Crippen molar-refractivity contribution in [1.82, 2.24) is 15.5 Å². The van der Waals surface area contributed by atoms with Crippen LogP contribution in [-0.4, -0.2) is 60.0 Å². The Morgan fingerprint density at radius 2 is 1.86 bits per heavy atom. The molecule has 0 bridgehead atoms. The van der Waals surface area contributed by atoms with Crippen molar-refractivity contribution in [1.29, 1.82) is 0 Å². The standard InChI is InChI=1S/C15H25N3O4/c19-10-6-12-3-1-2-9-18(12)15(22)14(21)17-13(20)11-4-7-16-8-5-11/h11-12,16,19H,1-10H2,(H,17,20,21). The summed E-state index contributed by atoms with van der Waals surface area (Å²) in [6.07, 6.45) is 4.48. The van der Waals surface area contributed by atoms with Gasteiger partial charge in [-0.05, 0) is 51.6 Å². The lowest BCUT2D eigenvalue weighted by Crippen LogP contribution is -2.52. The van der Waals surface area contributed by atoms with E-state index < -0.39 is 11.8 Å². The fourth-order valence-electron chi connectivity index (χ4n) is 3.20. The molecule has 0 radical (unpaired) electrons. The summed E-state index contributed by atoms with van der Waals surface area (Å²) in [5.74, 6) is -2.04. The number of amides is 3. The van der Waals surface area contributed by atoms with Crippen LogP contribution in [0.3, 0.4) is 0 Å². The highest BCUT2D eigenvalue weighted by atomic mass is 16.3. The van der Waals surface area contributed by atoms with E-state index in [9.17, 15) is 14.4 Å². The van der Waals surface area contributed by atoms with Gasteiger partial charge in [0.2, 0.25) is 5.91 Å². The summed E-state index contributed by atoms with van der Waals surface area (Å²) >= 11 is 0. The van der Waals surface area contributed by atoms with Gasteiger partial charge in [0.05, 0.1) is 0 Å². The number of aliphatic hydroxyl groups excluding tert-OH is 1. The molecule has 124 valence electrons. The van der Waals surface area contributed by atoms with Gasteiger partial charge in [-0.3, -0.25) is 19.7 Å². The van der Waals surface area contributed by atoms with E-state index in [1.54, 1.807) is 0 Å². The maximum atomic E-state index is 12.3. The summed E-state index contributed by atoms with van der Waals surface area (Å²) in [5, 5.41) is 14.5. The van der Waals surface area contributed by atoms with Gasteiger partial charge in [-0.25, -0.2) is 0 Å². The molecule has 0 spiro atoms. The fraction of sp³-hybridized carbons (Fsp3) is 0.800. The van der Waals surface area contributed by atoms with Crippen LogP contribution in [-0.2, 0) is 14.4 Å². The van der Waals surface area contributed by atoms with Crippen LogP contribution in [0.15, 0.2) is 0 Å². The molecular weight excluding hydrogens is 286 g/mol. The van der Waals surface area contributed by atoms with Gasteiger partial charge in [-0.15, -0.1) is 0 Å². The predicted molar refractivity (Wildman–Crippen MR) is 79.8 cm³/mol. The molecule has 3 amide bonds. The second-order valence-electron chi connectivity index (χ2n) is 6.00. The number of carbonyl (C=O) groups is 3. The van der Waals surface area contributed by atoms with Crippen molar-refractivity contribution in [2.75, 3.05) is 26.2 Å². The topological polar surface area (TPSA) is 98.7 Å². The highest BCUT2D eigenvalue weighted by molar-refractivity contribution is 6.37. The number of aliphatic hydroxyl groups is 1. The summed E-state index contributed by atoms with van der Waals surface area (Å²) in [5.41, 5.74) is 0. The third-order valence-corrected chi connectivity index (χ3v) is 4.49. The van der Waals surface area contributed by atoms with Crippen molar-refractivity contribution in [3.63, 3.8) is 0 Å². The van der Waals surface area contributed by atoms with Gasteiger partial charge >= 0.3 is 11.8 Å². The third-order valence-electron chi connectivity index (χ3n) is 4.49. The van der Waals surface area contributed by atoms with Crippen molar-refractivity contribution in [3.8, 4) is 0 Å². The van der Waals surface area contributed by atoms with Gasteiger partial charge in [0, 0.05) is 25.1 Å². The Hall–Kier alpha value is -1.47. The molecule has 2 heterocycles. The van der Waals surface area contributed by atoms with E-state index in [1.165, 1.54) is 4.90 Å². The molecule has 0 saturated carbocycles. The number of hydrogen-bond acceptors (Lipinski definition) is 5. The van der Waals surface area contributed by atoms with Gasteiger partial charge in [-0.1, -0.05) is 0 Å². The summed E-state index contributed by atoms with van der Waals surface area (Å²) < 4.78 is 0. The molecule has 0 aromatic rings. The van der Waals surface area contributed by atoms with E-state index in [4.69, 9.17) is 5.11 Å². The van der Waals surface area contributed by atoms with Crippen LogP contribution in [0.25, 0.3) is 0 Å². The lowest BCUT2D eigenvalue weighted by Gasteiger charge is -2.35. The monoisotopic (exact) mass is 311 g/mol. The van der Waals surface area contributed by atoms with Gasteiger partial charge < -0.3 is 15.3 Å². The van der Waals surface area contributed by atoms with Crippen molar-refractivity contribution >= 4 is 17.7 Å². The Labute approximate surface area is 130 Å². The molecule has 22 heavy (non-hydrogen) atoms. The summed E-state index contributed by atoms with van der Waals surface area (Å²) in [4.78, 5) is 37.9. The minimum atomic E-state index is -0.839. The average Bonchev–Trinajstić information content (AvgIpc) is 2.55. The Morgan fingerprint density at radius 1 is 1.14 bits per heavy atom. The first-order valence-corrected chi connectivity index (χ1v) is 8.11. The highest BCUT2D eigenvalue weighted by Crippen LogP contribution is 2.19. The molecular formula is C15H25N3O4. The zero-order chi connectivity index (χ0) is 15.9. The number of hydrogen-bond donors (Lipinski definition) is 3. The molecule has 1 atom stereocenters. The number of imide groups is 1. The van der Waals surface area contributed by atoms with E-state index in [-0.39, 0.29) is 24.5 Å². The third kappa shape index (κ3) is 4.27. The quantitative estimate of drug-likeness (QED) is 0.604. The molecule has 2 fully saturated rings. The molecule has 7 heteroatoms. The smallest absolute Gasteiger partial charge is 0.316 e. The van der Waals surface area contributed by atoms with E-state index in [1.807, 2.05) is 0 Å². The van der Waals surface area contributed by atoms with Crippen molar-refractivity contribution < 1.29 is 19.5 Å². The molecule has 2 aliphatic rings. The molecule has 1 unspecified atom stereocenters. The maximum Gasteiger partial charge on any atom is 0.316 e. The number of nitrogens with zero attached hydrogens (tertiary/aromatic N) is 1. The first-order valence-electron chi connectivity index (χ1n) is 8.11. The second kappa shape index (κ2) is 8.24. The van der Waals surface area contributed by atoms with Crippen LogP contribution in [0, 0.1) is 5.92 Å². The van der Waals surface area contributed by atoms with Crippen LogP contribution in [0.2, 0.25) is 0 Å². The summed E-state index contributed by atoms with van der Waals surface area (Å²) in [6.45, 7) is 2.01. The lowest BCUT2D eigenvalue weighted by atomic mass is 9.97. The Kier molecular flexibility index (Phi) is 6.33. The SMILES string of the molecule is O=C(NC(=O)C1CCNCC1)C(=O)N1CCCCC1CCO. The molecule has 0 aliphatic carbocycles. The highest BCUT2D eigenvalue weighted by Gasteiger charge is 2.32. The molecule has 7 nitrogen and oxygen atoms in total. The average molecular weight is 311 g/mol. The lowest BCUT2D eigenvalue weighted by molar-refractivity contribution is -0.150. The molecule has 2 rings (SSSR count). The van der Waals surface area contributed by atoms with Gasteiger partial charge in [0.15, 0.2) is 0 Å². The predicted octanol–water partition coefficient (Wildman–Crippen LogP) is -0.608. The number of rotatable bonds is 3. The van der Waals surface area contributed by atoms with E-state index in [0.717, 1.165) is 32.4 Å². The molecule has 0 aromatic heterocycles. The summed E-state index contributed by atoms with van der Waals surface area (Å²) in [6, 6.07) is -0.106. The molecule has 2 aliphatic heterocycles. The Balaban J connectivity index is 1.89. The Bertz CT molecular complexity index is 419. The van der Waals surface area contributed by atoms with Crippen LogP contribution < -0.4 is 10.6 Å².